The predicted molar refractivity (Wildman–Crippen MR) is 104 cm³/mol. The SMILES string of the molecule is C[C@@H](C(=O)Oc1ccc2c(c1)CCC2)c1ccc(-c2ccccc2)c(F)c1. The van der Waals surface area contributed by atoms with Crippen molar-refractivity contribution in [1.82, 2.24) is 0 Å². The van der Waals surface area contributed by atoms with Crippen molar-refractivity contribution in [2.24, 2.45) is 0 Å². The number of carbonyl (C=O) groups is 1. The maximum Gasteiger partial charge on any atom is 0.318 e. The molecule has 0 N–H and O–H groups in total. The van der Waals surface area contributed by atoms with Gasteiger partial charge in [0.25, 0.3) is 0 Å². The number of aryl methyl sites for hydroxylation is 2. The molecule has 27 heavy (non-hydrogen) atoms. The Bertz CT molecular complexity index is 979. The third-order valence-corrected chi connectivity index (χ3v) is 5.22. The molecule has 1 aliphatic rings. The Labute approximate surface area is 158 Å². The average molecular weight is 360 g/mol. The van der Waals surface area contributed by atoms with Crippen LogP contribution in [0, 0.1) is 5.82 Å². The molecule has 1 aliphatic carbocycles. The molecule has 4 rings (SSSR count). The van der Waals surface area contributed by atoms with Crippen LogP contribution in [-0.4, -0.2) is 5.97 Å². The largest absolute Gasteiger partial charge is 0.426 e. The molecule has 0 spiro atoms. The Morgan fingerprint density at radius 1 is 0.963 bits per heavy atom. The van der Waals surface area contributed by atoms with Crippen molar-refractivity contribution in [1.29, 1.82) is 0 Å². The van der Waals surface area contributed by atoms with Gasteiger partial charge in [-0.3, -0.25) is 4.79 Å². The first kappa shape index (κ1) is 17.5. The van der Waals surface area contributed by atoms with Crippen molar-refractivity contribution in [2.75, 3.05) is 0 Å². The fraction of sp³-hybridized carbons (Fsp3) is 0.208. The van der Waals surface area contributed by atoms with Crippen LogP contribution in [-0.2, 0) is 17.6 Å². The van der Waals surface area contributed by atoms with Crippen LogP contribution in [0.4, 0.5) is 4.39 Å². The normalized spacial score (nSPS) is 13.9. The Morgan fingerprint density at radius 2 is 1.74 bits per heavy atom. The smallest absolute Gasteiger partial charge is 0.318 e. The number of fused-ring (bicyclic) bond motifs is 1. The first-order valence-corrected chi connectivity index (χ1v) is 9.30. The topological polar surface area (TPSA) is 26.3 Å². The van der Waals surface area contributed by atoms with E-state index in [-0.39, 0.29) is 11.8 Å². The highest BCUT2D eigenvalue weighted by Crippen LogP contribution is 2.29. The molecule has 2 nitrogen and oxygen atoms in total. The molecule has 1 atom stereocenters. The number of benzene rings is 3. The van der Waals surface area contributed by atoms with Crippen LogP contribution in [0.2, 0.25) is 0 Å². The predicted octanol–water partition coefficient (Wildman–Crippen LogP) is 5.69. The minimum atomic E-state index is -0.544. The summed E-state index contributed by atoms with van der Waals surface area (Å²) >= 11 is 0. The quantitative estimate of drug-likeness (QED) is 0.441. The highest BCUT2D eigenvalue weighted by molar-refractivity contribution is 5.80. The second-order valence-corrected chi connectivity index (χ2v) is 7.03. The van der Waals surface area contributed by atoms with Gasteiger partial charge in [-0.2, -0.15) is 0 Å². The lowest BCUT2D eigenvalue weighted by atomic mass is 9.97. The Hall–Kier alpha value is -2.94. The van der Waals surface area contributed by atoms with Crippen molar-refractivity contribution < 1.29 is 13.9 Å². The minimum Gasteiger partial charge on any atom is -0.426 e. The van der Waals surface area contributed by atoms with E-state index in [1.165, 1.54) is 17.2 Å². The number of hydrogen-bond donors (Lipinski definition) is 0. The first-order chi connectivity index (χ1) is 13.1. The molecule has 0 bridgehead atoms. The lowest BCUT2D eigenvalue weighted by Gasteiger charge is -2.14. The molecule has 0 amide bonds. The Kier molecular flexibility index (Phi) is 4.76. The van der Waals surface area contributed by atoms with E-state index in [4.69, 9.17) is 4.74 Å². The summed E-state index contributed by atoms with van der Waals surface area (Å²) in [6.45, 7) is 1.74. The third-order valence-electron chi connectivity index (χ3n) is 5.22. The van der Waals surface area contributed by atoms with Gasteiger partial charge >= 0.3 is 5.97 Å². The molecule has 3 heteroatoms. The van der Waals surface area contributed by atoms with Crippen LogP contribution < -0.4 is 4.74 Å². The summed E-state index contributed by atoms with van der Waals surface area (Å²) in [6.07, 6.45) is 3.27. The molecular weight excluding hydrogens is 339 g/mol. The van der Waals surface area contributed by atoms with Gasteiger partial charge < -0.3 is 4.74 Å². The minimum absolute atomic E-state index is 0.337. The number of halogens is 1. The van der Waals surface area contributed by atoms with Crippen LogP contribution in [0.5, 0.6) is 5.75 Å². The number of hydrogen-bond acceptors (Lipinski definition) is 2. The molecule has 136 valence electrons. The number of carbonyl (C=O) groups excluding carboxylic acids is 1. The van der Waals surface area contributed by atoms with E-state index in [0.29, 0.717) is 16.9 Å². The summed E-state index contributed by atoms with van der Waals surface area (Å²) in [5.41, 5.74) is 4.54. The number of ether oxygens (including phenoxy) is 1. The Balaban J connectivity index is 1.51. The Morgan fingerprint density at radius 3 is 2.52 bits per heavy atom. The molecule has 0 unspecified atom stereocenters. The van der Waals surface area contributed by atoms with E-state index >= 15 is 0 Å². The molecular formula is C24H21FO2. The van der Waals surface area contributed by atoms with Crippen LogP contribution >= 0.6 is 0 Å². The van der Waals surface area contributed by atoms with Gasteiger partial charge in [-0.15, -0.1) is 0 Å². The average Bonchev–Trinajstić information content (AvgIpc) is 3.15. The standard InChI is InChI=1S/C24H21FO2/c1-16(24(26)27-21-12-10-17-8-5-9-20(17)14-21)19-11-13-22(23(25)15-19)18-6-3-2-4-7-18/h2-4,6-7,10-16H,5,8-9H2,1H3/t16-/m1/s1. The zero-order valence-electron chi connectivity index (χ0n) is 15.2. The number of esters is 1. The highest BCUT2D eigenvalue weighted by Gasteiger charge is 2.20. The van der Waals surface area contributed by atoms with E-state index in [1.807, 2.05) is 48.5 Å². The van der Waals surface area contributed by atoms with E-state index in [2.05, 4.69) is 0 Å². The van der Waals surface area contributed by atoms with Gasteiger partial charge in [-0.1, -0.05) is 48.5 Å². The lowest BCUT2D eigenvalue weighted by molar-refractivity contribution is -0.135. The van der Waals surface area contributed by atoms with Gasteiger partial charge in [0, 0.05) is 5.56 Å². The summed E-state index contributed by atoms with van der Waals surface area (Å²) in [6, 6.07) is 20.1. The van der Waals surface area contributed by atoms with Crippen LogP contribution in [0.3, 0.4) is 0 Å². The van der Waals surface area contributed by atoms with Gasteiger partial charge in [0.1, 0.15) is 11.6 Å². The molecule has 3 aromatic rings. The lowest BCUT2D eigenvalue weighted by Crippen LogP contribution is -2.16. The summed E-state index contributed by atoms with van der Waals surface area (Å²) in [5.74, 6) is -0.692. The fourth-order valence-corrected chi connectivity index (χ4v) is 3.60. The van der Waals surface area contributed by atoms with Crippen molar-refractivity contribution in [3.8, 4) is 16.9 Å². The van der Waals surface area contributed by atoms with Crippen molar-refractivity contribution in [3.05, 3.63) is 89.2 Å². The summed E-state index contributed by atoms with van der Waals surface area (Å²) in [4.78, 5) is 12.5. The molecule has 3 aromatic carbocycles. The fourth-order valence-electron chi connectivity index (χ4n) is 3.60. The molecule has 0 aliphatic heterocycles. The van der Waals surface area contributed by atoms with Gasteiger partial charge in [0.05, 0.1) is 5.92 Å². The maximum atomic E-state index is 14.6. The van der Waals surface area contributed by atoms with Gasteiger partial charge in [-0.05, 0) is 66.6 Å². The van der Waals surface area contributed by atoms with E-state index in [1.54, 1.807) is 19.1 Å². The van der Waals surface area contributed by atoms with Crippen molar-refractivity contribution in [2.45, 2.75) is 32.1 Å². The van der Waals surface area contributed by atoms with E-state index in [9.17, 15) is 9.18 Å². The van der Waals surface area contributed by atoms with E-state index < -0.39 is 5.92 Å². The molecule has 0 saturated heterocycles. The van der Waals surface area contributed by atoms with Crippen molar-refractivity contribution in [3.63, 3.8) is 0 Å². The maximum absolute atomic E-state index is 14.6. The van der Waals surface area contributed by atoms with Gasteiger partial charge in [0.2, 0.25) is 0 Å². The summed E-state index contributed by atoms with van der Waals surface area (Å²) in [7, 11) is 0. The molecule has 0 heterocycles. The monoisotopic (exact) mass is 360 g/mol. The van der Waals surface area contributed by atoms with Crippen molar-refractivity contribution >= 4 is 5.97 Å². The summed E-state index contributed by atoms with van der Waals surface area (Å²) in [5, 5.41) is 0. The summed E-state index contributed by atoms with van der Waals surface area (Å²) < 4.78 is 20.1. The van der Waals surface area contributed by atoms with Gasteiger partial charge in [-0.25, -0.2) is 4.39 Å². The van der Waals surface area contributed by atoms with Crippen LogP contribution in [0.1, 0.15) is 36.0 Å². The zero-order valence-corrected chi connectivity index (χ0v) is 15.2. The van der Waals surface area contributed by atoms with E-state index in [0.717, 1.165) is 24.8 Å². The molecule has 0 fully saturated rings. The molecule has 0 saturated carbocycles. The third kappa shape index (κ3) is 3.63. The number of rotatable bonds is 4. The van der Waals surface area contributed by atoms with Crippen LogP contribution in [0.15, 0.2) is 66.7 Å². The molecule has 0 radical (unpaired) electrons. The second kappa shape index (κ2) is 7.36. The van der Waals surface area contributed by atoms with Gasteiger partial charge in [0.15, 0.2) is 0 Å². The van der Waals surface area contributed by atoms with Crippen LogP contribution in [0.25, 0.3) is 11.1 Å². The second-order valence-electron chi connectivity index (χ2n) is 7.03. The molecule has 0 aromatic heterocycles. The first-order valence-electron chi connectivity index (χ1n) is 9.30. The highest BCUT2D eigenvalue weighted by atomic mass is 19.1. The zero-order chi connectivity index (χ0) is 18.8.